The quantitative estimate of drug-likeness (QED) is 0.750. The molecule has 2 heterocycles. The highest BCUT2D eigenvalue weighted by Crippen LogP contribution is 2.17. The predicted octanol–water partition coefficient (Wildman–Crippen LogP) is 0.536. The van der Waals surface area contributed by atoms with Crippen molar-refractivity contribution < 1.29 is 8.42 Å². The Balaban J connectivity index is 1.95. The van der Waals surface area contributed by atoms with Gasteiger partial charge in [0.2, 0.25) is 0 Å². The zero-order valence-corrected chi connectivity index (χ0v) is 11.2. The Morgan fingerprint density at radius 2 is 2.17 bits per heavy atom. The van der Waals surface area contributed by atoms with Gasteiger partial charge in [0.25, 0.3) is 10.0 Å². The van der Waals surface area contributed by atoms with Crippen LogP contribution in [-0.4, -0.2) is 41.8 Å². The van der Waals surface area contributed by atoms with Crippen molar-refractivity contribution in [3.63, 3.8) is 0 Å². The lowest BCUT2D eigenvalue weighted by Gasteiger charge is -2.29. The molecule has 0 aliphatic carbocycles. The van der Waals surface area contributed by atoms with E-state index in [0.717, 1.165) is 48.4 Å². The van der Waals surface area contributed by atoms with Crippen molar-refractivity contribution in [2.45, 2.75) is 19.4 Å². The number of aromatic nitrogens is 2. The van der Waals surface area contributed by atoms with Gasteiger partial charge >= 0.3 is 0 Å². The standard InChI is InChI=1S/C12H17N3O2S/c1-3-11-4-6-14(7-5-11)9-12-8-13-15(10-12)18(2,16)17/h1,8,10-11H,4-7,9H2,2H3. The molecular weight excluding hydrogens is 250 g/mol. The normalized spacial score (nSPS) is 18.7. The van der Waals surface area contributed by atoms with E-state index in [4.69, 9.17) is 6.42 Å². The highest BCUT2D eigenvalue weighted by atomic mass is 32.2. The monoisotopic (exact) mass is 267 g/mol. The summed E-state index contributed by atoms with van der Waals surface area (Å²) in [4.78, 5) is 2.28. The Bertz CT molecular complexity index is 548. The van der Waals surface area contributed by atoms with Gasteiger partial charge in [0.05, 0.1) is 12.5 Å². The summed E-state index contributed by atoms with van der Waals surface area (Å²) in [6.45, 7) is 2.64. The number of hydrogen-bond donors (Lipinski definition) is 0. The maximum Gasteiger partial charge on any atom is 0.250 e. The third-order valence-electron chi connectivity index (χ3n) is 3.18. The summed E-state index contributed by atoms with van der Waals surface area (Å²) in [7, 11) is -3.28. The molecule has 18 heavy (non-hydrogen) atoms. The number of terminal acetylenes is 1. The Kier molecular flexibility index (Phi) is 3.73. The van der Waals surface area contributed by atoms with Crippen LogP contribution in [0.5, 0.6) is 0 Å². The van der Waals surface area contributed by atoms with Gasteiger partial charge in [-0.1, -0.05) is 0 Å². The molecule has 0 unspecified atom stereocenters. The van der Waals surface area contributed by atoms with Crippen molar-refractivity contribution in [2.75, 3.05) is 19.3 Å². The maximum atomic E-state index is 11.3. The second-order valence-corrected chi connectivity index (χ2v) is 6.54. The Labute approximate surface area is 108 Å². The van der Waals surface area contributed by atoms with Crippen molar-refractivity contribution in [1.29, 1.82) is 0 Å². The SMILES string of the molecule is C#CC1CCN(Cc2cnn(S(C)(=O)=O)c2)CC1. The molecule has 0 N–H and O–H groups in total. The molecule has 6 heteroatoms. The van der Waals surface area contributed by atoms with Crippen LogP contribution in [0.3, 0.4) is 0 Å². The Hall–Kier alpha value is -1.32. The van der Waals surface area contributed by atoms with E-state index < -0.39 is 10.0 Å². The van der Waals surface area contributed by atoms with E-state index in [9.17, 15) is 8.42 Å². The molecule has 5 nitrogen and oxygen atoms in total. The summed E-state index contributed by atoms with van der Waals surface area (Å²) in [5.74, 6) is 3.18. The molecule has 0 aromatic carbocycles. The average molecular weight is 267 g/mol. The van der Waals surface area contributed by atoms with Gasteiger partial charge in [-0.15, -0.1) is 12.3 Å². The van der Waals surface area contributed by atoms with E-state index in [2.05, 4.69) is 15.9 Å². The predicted molar refractivity (Wildman–Crippen MR) is 69.3 cm³/mol. The van der Waals surface area contributed by atoms with E-state index in [1.165, 1.54) is 0 Å². The van der Waals surface area contributed by atoms with Crippen LogP contribution >= 0.6 is 0 Å². The zero-order chi connectivity index (χ0) is 13.2. The largest absolute Gasteiger partial charge is 0.299 e. The van der Waals surface area contributed by atoms with Crippen LogP contribution < -0.4 is 0 Å². The molecule has 1 saturated heterocycles. The number of likely N-dealkylation sites (tertiary alicyclic amines) is 1. The first-order valence-electron chi connectivity index (χ1n) is 5.91. The lowest BCUT2D eigenvalue weighted by Crippen LogP contribution is -2.32. The van der Waals surface area contributed by atoms with Gasteiger partial charge in [-0.25, -0.2) is 8.42 Å². The molecule has 0 saturated carbocycles. The molecule has 0 bridgehead atoms. The molecule has 1 fully saturated rings. The highest BCUT2D eigenvalue weighted by Gasteiger charge is 2.18. The summed E-state index contributed by atoms with van der Waals surface area (Å²) < 4.78 is 23.6. The number of hydrogen-bond acceptors (Lipinski definition) is 4. The second-order valence-electron chi connectivity index (χ2n) is 4.70. The fourth-order valence-electron chi connectivity index (χ4n) is 2.12. The molecule has 1 aromatic rings. The Morgan fingerprint density at radius 1 is 1.50 bits per heavy atom. The van der Waals surface area contributed by atoms with Gasteiger partial charge in [-0.2, -0.15) is 9.19 Å². The molecule has 1 aromatic heterocycles. The van der Waals surface area contributed by atoms with Crippen LogP contribution in [0.2, 0.25) is 0 Å². The summed E-state index contributed by atoms with van der Waals surface area (Å²) >= 11 is 0. The minimum Gasteiger partial charge on any atom is -0.299 e. The maximum absolute atomic E-state index is 11.3. The second kappa shape index (κ2) is 5.12. The summed E-state index contributed by atoms with van der Waals surface area (Å²) in [6.07, 6.45) is 11.7. The molecule has 1 aliphatic rings. The van der Waals surface area contributed by atoms with E-state index in [0.29, 0.717) is 5.92 Å². The van der Waals surface area contributed by atoms with Gasteiger partial charge in [-0.3, -0.25) is 4.90 Å². The lowest BCUT2D eigenvalue weighted by molar-refractivity contribution is 0.199. The first kappa shape index (κ1) is 13.1. The number of rotatable bonds is 3. The summed E-state index contributed by atoms with van der Waals surface area (Å²) in [6, 6.07) is 0. The molecule has 0 atom stereocenters. The first-order valence-corrected chi connectivity index (χ1v) is 7.76. The summed E-state index contributed by atoms with van der Waals surface area (Å²) in [5, 5.41) is 3.85. The van der Waals surface area contributed by atoms with Crippen LogP contribution in [0.15, 0.2) is 12.4 Å². The molecule has 0 radical (unpaired) electrons. The van der Waals surface area contributed by atoms with Crippen LogP contribution in [0.4, 0.5) is 0 Å². The Morgan fingerprint density at radius 3 is 2.67 bits per heavy atom. The fraction of sp³-hybridized carbons (Fsp3) is 0.583. The van der Waals surface area contributed by atoms with E-state index in [1.807, 2.05) is 0 Å². The van der Waals surface area contributed by atoms with Crippen molar-refractivity contribution in [1.82, 2.24) is 14.1 Å². The first-order chi connectivity index (χ1) is 8.49. The highest BCUT2D eigenvalue weighted by molar-refractivity contribution is 7.89. The molecular formula is C12H17N3O2S. The molecule has 98 valence electrons. The number of nitrogens with zero attached hydrogens (tertiary/aromatic N) is 3. The number of piperidine rings is 1. The molecule has 2 rings (SSSR count). The molecule has 1 aliphatic heterocycles. The van der Waals surface area contributed by atoms with Crippen molar-refractivity contribution in [3.8, 4) is 12.3 Å². The van der Waals surface area contributed by atoms with Crippen LogP contribution in [0, 0.1) is 18.3 Å². The van der Waals surface area contributed by atoms with Gasteiger partial charge in [0, 0.05) is 24.2 Å². The van der Waals surface area contributed by atoms with E-state index in [-0.39, 0.29) is 0 Å². The van der Waals surface area contributed by atoms with E-state index in [1.54, 1.807) is 12.4 Å². The van der Waals surface area contributed by atoms with Crippen molar-refractivity contribution in [2.24, 2.45) is 5.92 Å². The minimum atomic E-state index is -3.28. The minimum absolute atomic E-state index is 0.389. The van der Waals surface area contributed by atoms with Crippen molar-refractivity contribution in [3.05, 3.63) is 18.0 Å². The molecule has 0 spiro atoms. The average Bonchev–Trinajstić information content (AvgIpc) is 2.78. The van der Waals surface area contributed by atoms with Crippen LogP contribution in [0.25, 0.3) is 0 Å². The zero-order valence-electron chi connectivity index (χ0n) is 10.4. The van der Waals surface area contributed by atoms with Gasteiger partial charge in [0.1, 0.15) is 0 Å². The van der Waals surface area contributed by atoms with Crippen LogP contribution in [0.1, 0.15) is 18.4 Å². The van der Waals surface area contributed by atoms with Gasteiger partial charge in [-0.05, 0) is 25.9 Å². The topological polar surface area (TPSA) is 55.2 Å². The third kappa shape index (κ3) is 3.12. The smallest absolute Gasteiger partial charge is 0.250 e. The van der Waals surface area contributed by atoms with Crippen molar-refractivity contribution >= 4 is 10.0 Å². The van der Waals surface area contributed by atoms with Gasteiger partial charge in [0.15, 0.2) is 0 Å². The molecule has 0 amide bonds. The van der Waals surface area contributed by atoms with E-state index >= 15 is 0 Å². The lowest BCUT2D eigenvalue weighted by atomic mass is 9.98. The third-order valence-corrected chi connectivity index (χ3v) is 4.06. The van der Waals surface area contributed by atoms with Gasteiger partial charge < -0.3 is 0 Å². The van der Waals surface area contributed by atoms with Crippen LogP contribution in [-0.2, 0) is 16.6 Å². The fourth-order valence-corrected chi connectivity index (χ4v) is 2.66. The summed E-state index contributed by atoms with van der Waals surface area (Å²) in [5.41, 5.74) is 0.916.